The molecule has 2 amide bonds. The van der Waals surface area contributed by atoms with Crippen molar-refractivity contribution in [2.24, 2.45) is 0 Å². The number of anilines is 2. The van der Waals surface area contributed by atoms with Gasteiger partial charge in [-0.15, -0.1) is 0 Å². The summed E-state index contributed by atoms with van der Waals surface area (Å²) in [5.74, 6) is 0.566. The van der Waals surface area contributed by atoms with Gasteiger partial charge in [-0.1, -0.05) is 30.0 Å². The Morgan fingerprint density at radius 1 is 1.03 bits per heavy atom. The number of carbonyl (C=O) groups is 2. The molecule has 0 aliphatic carbocycles. The minimum atomic E-state index is -0.195. The van der Waals surface area contributed by atoms with Gasteiger partial charge in [0.25, 0.3) is 5.91 Å². The monoisotopic (exact) mass is 460 g/mol. The quantitative estimate of drug-likeness (QED) is 0.593. The van der Waals surface area contributed by atoms with Crippen molar-refractivity contribution in [2.45, 2.75) is 9.92 Å². The van der Waals surface area contributed by atoms with Gasteiger partial charge in [0.15, 0.2) is 0 Å². The molecule has 1 saturated heterocycles. The number of ether oxygens (including phenoxy) is 1. The molecule has 33 heavy (non-hydrogen) atoms. The van der Waals surface area contributed by atoms with Crippen LogP contribution in [-0.4, -0.2) is 61.5 Å². The number of pyridine rings is 1. The second kappa shape index (κ2) is 9.15. The zero-order chi connectivity index (χ0) is 22.8. The van der Waals surface area contributed by atoms with E-state index in [0.717, 1.165) is 35.1 Å². The van der Waals surface area contributed by atoms with Crippen LogP contribution in [0.2, 0.25) is 0 Å². The molecule has 0 radical (unpaired) electrons. The van der Waals surface area contributed by atoms with E-state index in [1.54, 1.807) is 30.3 Å². The highest BCUT2D eigenvalue weighted by Crippen LogP contribution is 2.40. The lowest BCUT2D eigenvalue weighted by Gasteiger charge is -2.37. The van der Waals surface area contributed by atoms with Crippen LogP contribution in [0.4, 0.5) is 11.4 Å². The van der Waals surface area contributed by atoms with Crippen LogP contribution in [0.25, 0.3) is 0 Å². The molecule has 0 N–H and O–H groups in total. The van der Waals surface area contributed by atoms with Crippen LogP contribution in [-0.2, 0) is 4.79 Å². The minimum Gasteiger partial charge on any atom is -0.497 e. The van der Waals surface area contributed by atoms with E-state index in [-0.39, 0.29) is 18.4 Å². The topological polar surface area (TPSA) is 66.0 Å². The molecule has 3 heterocycles. The fourth-order valence-electron chi connectivity index (χ4n) is 4.17. The minimum absolute atomic E-state index is 0.00387. The van der Waals surface area contributed by atoms with E-state index in [1.165, 1.54) is 11.8 Å². The number of amides is 2. The Balaban J connectivity index is 1.32. The number of benzene rings is 2. The van der Waals surface area contributed by atoms with Crippen LogP contribution in [0.1, 0.15) is 10.4 Å². The number of piperazine rings is 1. The number of nitrogens with zero attached hydrogens (tertiary/aromatic N) is 4. The highest BCUT2D eigenvalue weighted by atomic mass is 32.2. The van der Waals surface area contributed by atoms with E-state index in [9.17, 15) is 9.59 Å². The molecule has 1 aromatic heterocycles. The summed E-state index contributed by atoms with van der Waals surface area (Å²) in [6.45, 7) is 2.67. The molecular weight excluding hydrogens is 436 g/mol. The van der Waals surface area contributed by atoms with Gasteiger partial charge in [-0.2, -0.15) is 0 Å². The van der Waals surface area contributed by atoms with Crippen LogP contribution in [0.3, 0.4) is 0 Å². The third-order valence-corrected chi connectivity index (χ3v) is 7.04. The van der Waals surface area contributed by atoms with Gasteiger partial charge in [-0.3, -0.25) is 14.5 Å². The average molecular weight is 461 g/mol. The lowest BCUT2D eigenvalue weighted by Crippen LogP contribution is -2.52. The Labute approximate surface area is 197 Å². The zero-order valence-corrected chi connectivity index (χ0v) is 19.1. The van der Waals surface area contributed by atoms with Crippen molar-refractivity contribution in [1.29, 1.82) is 0 Å². The van der Waals surface area contributed by atoms with E-state index in [4.69, 9.17) is 4.74 Å². The van der Waals surface area contributed by atoms with E-state index in [1.807, 2.05) is 47.4 Å². The number of methoxy groups -OCH3 is 1. The van der Waals surface area contributed by atoms with Gasteiger partial charge in [0, 0.05) is 49.0 Å². The summed E-state index contributed by atoms with van der Waals surface area (Å²) in [6.07, 6.45) is 1.68. The number of hydrogen-bond acceptors (Lipinski definition) is 6. The van der Waals surface area contributed by atoms with Crippen LogP contribution >= 0.6 is 11.8 Å². The summed E-state index contributed by atoms with van der Waals surface area (Å²) in [7, 11) is 1.66. The van der Waals surface area contributed by atoms with Gasteiger partial charge in [0.2, 0.25) is 5.91 Å². The molecular formula is C25H24N4O3S. The van der Waals surface area contributed by atoms with Crippen molar-refractivity contribution in [1.82, 2.24) is 9.88 Å². The lowest BCUT2D eigenvalue weighted by atomic mass is 10.2. The number of hydrogen-bond donors (Lipinski definition) is 0. The Hall–Kier alpha value is -3.52. The SMILES string of the molecule is COc1cccc(N2CCN(C(=O)CN3C(=O)c4cccnc4Sc4ccccc43)CC2)c1. The molecule has 2 aliphatic heterocycles. The molecule has 0 atom stereocenters. The van der Waals surface area contributed by atoms with Crippen molar-refractivity contribution < 1.29 is 14.3 Å². The van der Waals surface area contributed by atoms with E-state index in [2.05, 4.69) is 16.0 Å². The first-order valence-corrected chi connectivity index (χ1v) is 11.7. The largest absolute Gasteiger partial charge is 0.497 e. The molecule has 2 aromatic carbocycles. The summed E-state index contributed by atoms with van der Waals surface area (Å²) >= 11 is 1.46. The molecule has 1 fully saturated rings. The highest BCUT2D eigenvalue weighted by molar-refractivity contribution is 7.99. The Morgan fingerprint density at radius 2 is 1.85 bits per heavy atom. The number of carbonyl (C=O) groups excluding carboxylic acids is 2. The standard InChI is InChI=1S/C25H24N4O3S/c1-32-19-7-4-6-18(16-19)27-12-14-28(15-13-27)23(30)17-29-21-9-2-3-10-22(21)33-24-20(25(29)31)8-5-11-26-24/h2-11,16H,12-15,17H2,1H3. The van der Waals surface area contributed by atoms with Gasteiger partial charge in [-0.25, -0.2) is 4.98 Å². The van der Waals surface area contributed by atoms with Crippen LogP contribution in [0.5, 0.6) is 5.75 Å². The number of fused-ring (bicyclic) bond motifs is 2. The van der Waals surface area contributed by atoms with Crippen LogP contribution < -0.4 is 14.5 Å². The zero-order valence-electron chi connectivity index (χ0n) is 18.3. The van der Waals surface area contributed by atoms with Crippen molar-refractivity contribution in [3.05, 3.63) is 72.4 Å². The molecule has 7 nitrogen and oxygen atoms in total. The van der Waals surface area contributed by atoms with Gasteiger partial charge in [-0.05, 0) is 36.4 Å². The Bertz CT molecular complexity index is 1190. The van der Waals surface area contributed by atoms with Crippen molar-refractivity contribution in [3.8, 4) is 5.75 Å². The summed E-state index contributed by atoms with van der Waals surface area (Å²) in [4.78, 5) is 37.6. The van der Waals surface area contributed by atoms with Gasteiger partial charge < -0.3 is 14.5 Å². The van der Waals surface area contributed by atoms with Crippen molar-refractivity contribution in [3.63, 3.8) is 0 Å². The third-order valence-electron chi connectivity index (χ3n) is 5.95. The summed E-state index contributed by atoms with van der Waals surface area (Å²) < 4.78 is 5.33. The van der Waals surface area contributed by atoms with Crippen LogP contribution in [0.15, 0.2) is 76.8 Å². The highest BCUT2D eigenvalue weighted by Gasteiger charge is 2.31. The molecule has 168 valence electrons. The fourth-order valence-corrected chi connectivity index (χ4v) is 5.19. The fraction of sp³-hybridized carbons (Fsp3) is 0.240. The molecule has 0 saturated carbocycles. The second-order valence-electron chi connectivity index (χ2n) is 7.89. The molecule has 3 aromatic rings. The van der Waals surface area contributed by atoms with Gasteiger partial charge >= 0.3 is 0 Å². The molecule has 8 heteroatoms. The first-order valence-electron chi connectivity index (χ1n) is 10.8. The summed E-state index contributed by atoms with van der Waals surface area (Å²) in [5.41, 5.74) is 2.35. The number of rotatable bonds is 4. The smallest absolute Gasteiger partial charge is 0.261 e. The number of aromatic nitrogens is 1. The first kappa shape index (κ1) is 21.3. The first-order chi connectivity index (χ1) is 16.1. The molecule has 0 bridgehead atoms. The lowest BCUT2D eigenvalue weighted by molar-refractivity contribution is -0.129. The molecule has 0 unspecified atom stereocenters. The summed E-state index contributed by atoms with van der Waals surface area (Å²) in [5, 5.41) is 0.664. The van der Waals surface area contributed by atoms with Gasteiger partial charge in [0.05, 0.1) is 18.4 Å². The maximum absolute atomic E-state index is 13.4. The molecule has 5 rings (SSSR count). The van der Waals surface area contributed by atoms with E-state index >= 15 is 0 Å². The van der Waals surface area contributed by atoms with Crippen molar-refractivity contribution >= 4 is 35.0 Å². The molecule has 0 spiro atoms. The van der Waals surface area contributed by atoms with Crippen molar-refractivity contribution in [2.75, 3.05) is 49.6 Å². The van der Waals surface area contributed by atoms with Gasteiger partial charge in [0.1, 0.15) is 17.3 Å². The Kier molecular flexibility index (Phi) is 5.92. The van der Waals surface area contributed by atoms with E-state index < -0.39 is 0 Å². The number of para-hydroxylation sites is 1. The predicted molar refractivity (Wildman–Crippen MR) is 128 cm³/mol. The van der Waals surface area contributed by atoms with Crippen LogP contribution in [0, 0.1) is 0 Å². The Morgan fingerprint density at radius 3 is 2.67 bits per heavy atom. The van der Waals surface area contributed by atoms with E-state index in [0.29, 0.717) is 23.7 Å². The maximum Gasteiger partial charge on any atom is 0.261 e. The second-order valence-corrected chi connectivity index (χ2v) is 8.92. The predicted octanol–water partition coefficient (Wildman–Crippen LogP) is 3.55. The third kappa shape index (κ3) is 4.26. The maximum atomic E-state index is 13.4. The molecule has 2 aliphatic rings. The average Bonchev–Trinajstić information content (AvgIpc) is 2.98. The normalized spacial score (nSPS) is 15.5. The summed E-state index contributed by atoms with van der Waals surface area (Å²) in [6, 6.07) is 19.1.